The van der Waals surface area contributed by atoms with Crippen molar-refractivity contribution in [1.82, 2.24) is 20.2 Å². The van der Waals surface area contributed by atoms with Crippen molar-refractivity contribution in [2.45, 2.75) is 26.8 Å². The summed E-state index contributed by atoms with van der Waals surface area (Å²) >= 11 is 0. The maximum Gasteiger partial charge on any atom is 0.143 e. The molecule has 22 heavy (non-hydrogen) atoms. The van der Waals surface area contributed by atoms with E-state index >= 15 is 0 Å². The Morgan fingerprint density at radius 3 is 2.50 bits per heavy atom. The van der Waals surface area contributed by atoms with Gasteiger partial charge in [0.25, 0.3) is 0 Å². The van der Waals surface area contributed by atoms with E-state index in [0.717, 1.165) is 11.4 Å². The quantitative estimate of drug-likeness (QED) is 0.800. The second-order valence-corrected chi connectivity index (χ2v) is 5.59. The van der Waals surface area contributed by atoms with Crippen LogP contribution >= 0.6 is 0 Å². The van der Waals surface area contributed by atoms with Crippen molar-refractivity contribution >= 4 is 5.69 Å². The van der Waals surface area contributed by atoms with Crippen molar-refractivity contribution in [1.29, 1.82) is 0 Å². The van der Waals surface area contributed by atoms with Crippen LogP contribution in [0.15, 0.2) is 48.8 Å². The van der Waals surface area contributed by atoms with E-state index < -0.39 is 0 Å². The number of nitrogens with zero attached hydrogens (tertiary/aromatic N) is 4. The van der Waals surface area contributed by atoms with Crippen LogP contribution in [-0.2, 0) is 0 Å². The zero-order valence-corrected chi connectivity index (χ0v) is 13.0. The molecule has 1 heterocycles. The fourth-order valence-corrected chi connectivity index (χ4v) is 2.61. The molecule has 0 saturated carbocycles. The van der Waals surface area contributed by atoms with E-state index in [0.29, 0.717) is 0 Å². The summed E-state index contributed by atoms with van der Waals surface area (Å²) in [6.07, 6.45) is 1.60. The molecule has 5 heteroatoms. The molecule has 0 aliphatic heterocycles. The lowest BCUT2D eigenvalue weighted by atomic mass is 10.1. The number of rotatable bonds is 4. The third-order valence-corrected chi connectivity index (χ3v) is 3.59. The highest BCUT2D eigenvalue weighted by molar-refractivity contribution is 5.50. The first-order valence-electron chi connectivity index (χ1n) is 7.30. The third-order valence-electron chi connectivity index (χ3n) is 3.59. The van der Waals surface area contributed by atoms with Gasteiger partial charge < -0.3 is 5.32 Å². The van der Waals surface area contributed by atoms with Gasteiger partial charge in [0.1, 0.15) is 6.33 Å². The van der Waals surface area contributed by atoms with Crippen molar-refractivity contribution in [3.05, 3.63) is 65.5 Å². The van der Waals surface area contributed by atoms with Crippen LogP contribution < -0.4 is 5.32 Å². The van der Waals surface area contributed by atoms with Crippen LogP contribution in [0.25, 0.3) is 5.69 Å². The minimum absolute atomic E-state index is 0.192. The highest BCUT2D eigenvalue weighted by Gasteiger charge is 2.08. The summed E-state index contributed by atoms with van der Waals surface area (Å²) in [6.45, 7) is 6.37. The maximum atomic E-state index is 3.93. The Balaban J connectivity index is 1.83. The molecule has 3 rings (SSSR count). The molecular formula is C17H19N5. The topological polar surface area (TPSA) is 55.6 Å². The first-order valence-corrected chi connectivity index (χ1v) is 7.30. The Bertz CT molecular complexity index is 744. The van der Waals surface area contributed by atoms with Gasteiger partial charge in [-0.2, -0.15) is 0 Å². The zero-order valence-electron chi connectivity index (χ0n) is 13.0. The molecule has 0 amide bonds. The van der Waals surface area contributed by atoms with Gasteiger partial charge in [-0.3, -0.25) is 0 Å². The highest BCUT2D eigenvalue weighted by Crippen LogP contribution is 2.22. The van der Waals surface area contributed by atoms with Crippen LogP contribution in [0.5, 0.6) is 0 Å². The molecule has 1 atom stereocenters. The number of hydrogen-bond acceptors (Lipinski definition) is 4. The number of tetrazole rings is 1. The van der Waals surface area contributed by atoms with Gasteiger partial charge in [-0.25, -0.2) is 4.68 Å². The lowest BCUT2D eigenvalue weighted by Crippen LogP contribution is -2.08. The molecule has 112 valence electrons. The molecule has 0 aliphatic rings. The average molecular weight is 293 g/mol. The summed E-state index contributed by atoms with van der Waals surface area (Å²) in [6, 6.07) is 14.9. The van der Waals surface area contributed by atoms with Crippen molar-refractivity contribution < 1.29 is 0 Å². The number of anilines is 1. The van der Waals surface area contributed by atoms with Crippen LogP contribution in [0.3, 0.4) is 0 Å². The maximum absolute atomic E-state index is 3.93. The van der Waals surface area contributed by atoms with Crippen LogP contribution in [0.4, 0.5) is 5.69 Å². The minimum Gasteiger partial charge on any atom is -0.379 e. The lowest BCUT2D eigenvalue weighted by Gasteiger charge is -2.17. The first-order chi connectivity index (χ1) is 10.6. The average Bonchev–Trinajstić information content (AvgIpc) is 3.00. The largest absolute Gasteiger partial charge is 0.379 e. The molecule has 1 N–H and O–H groups in total. The van der Waals surface area contributed by atoms with Crippen LogP contribution in [0.2, 0.25) is 0 Å². The fraction of sp³-hybridized carbons (Fsp3) is 0.235. The smallest absolute Gasteiger partial charge is 0.143 e. The third kappa shape index (κ3) is 3.14. The number of hydrogen-bond donors (Lipinski definition) is 1. The summed E-state index contributed by atoms with van der Waals surface area (Å²) in [7, 11) is 0. The van der Waals surface area contributed by atoms with E-state index in [2.05, 4.69) is 71.9 Å². The molecule has 0 bridgehead atoms. The van der Waals surface area contributed by atoms with Gasteiger partial charge in [-0.05, 0) is 72.2 Å². The van der Waals surface area contributed by atoms with Crippen LogP contribution in [0, 0.1) is 13.8 Å². The summed E-state index contributed by atoms with van der Waals surface area (Å²) in [5, 5.41) is 14.8. The number of nitrogens with one attached hydrogen (secondary N) is 1. The van der Waals surface area contributed by atoms with Crippen molar-refractivity contribution in [3.63, 3.8) is 0 Å². The summed E-state index contributed by atoms with van der Waals surface area (Å²) < 4.78 is 1.66. The Hall–Kier alpha value is -2.69. The van der Waals surface area contributed by atoms with Gasteiger partial charge in [0.05, 0.1) is 5.69 Å². The molecule has 0 fully saturated rings. The standard InChI is InChI=1S/C17H19N5/c1-12-7-13(2)9-16(8-12)19-14(3)15-5-4-6-17(10-15)22-11-18-20-21-22/h4-11,14,19H,1-3H3. The summed E-state index contributed by atoms with van der Waals surface area (Å²) in [5.41, 5.74) is 5.80. The van der Waals surface area contributed by atoms with Crippen LogP contribution in [0.1, 0.15) is 29.7 Å². The molecule has 5 nitrogen and oxygen atoms in total. The molecule has 3 aromatic rings. The van der Waals surface area contributed by atoms with Crippen molar-refractivity contribution in [2.75, 3.05) is 5.32 Å². The Labute approximate surface area is 130 Å². The fourth-order valence-electron chi connectivity index (χ4n) is 2.61. The Morgan fingerprint density at radius 1 is 1.05 bits per heavy atom. The molecule has 0 aliphatic carbocycles. The molecule has 0 spiro atoms. The molecule has 0 saturated heterocycles. The predicted molar refractivity (Wildman–Crippen MR) is 87.1 cm³/mol. The van der Waals surface area contributed by atoms with Gasteiger partial charge in [0, 0.05) is 11.7 Å². The SMILES string of the molecule is Cc1cc(C)cc(NC(C)c2cccc(-n3cnnn3)c2)c1. The Morgan fingerprint density at radius 2 is 1.82 bits per heavy atom. The number of aromatic nitrogens is 4. The Kier molecular flexibility index (Phi) is 3.87. The summed E-state index contributed by atoms with van der Waals surface area (Å²) in [5.74, 6) is 0. The normalized spacial score (nSPS) is 12.1. The second kappa shape index (κ2) is 5.97. The van der Waals surface area contributed by atoms with E-state index in [1.807, 2.05) is 12.1 Å². The van der Waals surface area contributed by atoms with Crippen molar-refractivity contribution in [2.24, 2.45) is 0 Å². The zero-order chi connectivity index (χ0) is 15.5. The van der Waals surface area contributed by atoms with Crippen LogP contribution in [-0.4, -0.2) is 20.2 Å². The monoisotopic (exact) mass is 293 g/mol. The number of benzene rings is 2. The molecular weight excluding hydrogens is 274 g/mol. The van der Waals surface area contributed by atoms with Gasteiger partial charge in [0.15, 0.2) is 0 Å². The van der Waals surface area contributed by atoms with Gasteiger partial charge >= 0.3 is 0 Å². The van der Waals surface area contributed by atoms with E-state index in [9.17, 15) is 0 Å². The highest BCUT2D eigenvalue weighted by atomic mass is 15.5. The van der Waals surface area contributed by atoms with E-state index in [4.69, 9.17) is 0 Å². The molecule has 1 unspecified atom stereocenters. The molecule has 2 aromatic carbocycles. The first kappa shape index (κ1) is 14.3. The molecule has 1 aromatic heterocycles. The summed E-state index contributed by atoms with van der Waals surface area (Å²) in [4.78, 5) is 0. The predicted octanol–water partition coefficient (Wildman–Crippen LogP) is 3.45. The number of aryl methyl sites for hydroxylation is 2. The molecule has 0 radical (unpaired) electrons. The lowest BCUT2D eigenvalue weighted by molar-refractivity contribution is 0.785. The van der Waals surface area contributed by atoms with E-state index in [-0.39, 0.29) is 6.04 Å². The minimum atomic E-state index is 0.192. The second-order valence-electron chi connectivity index (χ2n) is 5.59. The van der Waals surface area contributed by atoms with E-state index in [1.54, 1.807) is 11.0 Å². The van der Waals surface area contributed by atoms with Gasteiger partial charge in [-0.1, -0.05) is 18.2 Å². The van der Waals surface area contributed by atoms with Gasteiger partial charge in [0.2, 0.25) is 0 Å². The van der Waals surface area contributed by atoms with Crippen molar-refractivity contribution in [3.8, 4) is 5.69 Å². The van der Waals surface area contributed by atoms with Gasteiger partial charge in [-0.15, -0.1) is 5.10 Å². The van der Waals surface area contributed by atoms with E-state index in [1.165, 1.54) is 16.7 Å².